The Bertz CT molecular complexity index is 1180. The van der Waals surface area contributed by atoms with Crippen molar-refractivity contribution in [3.05, 3.63) is 52.2 Å². The van der Waals surface area contributed by atoms with Crippen LogP contribution in [0.2, 0.25) is 5.02 Å². The Labute approximate surface area is 216 Å². The Morgan fingerprint density at radius 1 is 1.43 bits per heavy atom. The number of rotatable bonds is 10. The highest BCUT2D eigenvalue weighted by Crippen LogP contribution is 2.38. The Kier molecular flexibility index (Phi) is 8.86. The molecule has 35 heavy (non-hydrogen) atoms. The molecular weight excluding hydrogens is 514 g/mol. The van der Waals surface area contributed by atoms with Gasteiger partial charge in [-0.2, -0.15) is 0 Å². The van der Waals surface area contributed by atoms with E-state index in [1.54, 1.807) is 30.7 Å². The van der Waals surface area contributed by atoms with Gasteiger partial charge in [-0.15, -0.1) is 23.1 Å². The van der Waals surface area contributed by atoms with Crippen LogP contribution in [-0.4, -0.2) is 53.5 Å². The average molecular weight is 541 g/mol. The van der Waals surface area contributed by atoms with Gasteiger partial charge in [0.05, 0.1) is 27.8 Å². The first-order valence-corrected chi connectivity index (χ1v) is 13.7. The van der Waals surface area contributed by atoms with Gasteiger partial charge in [-0.1, -0.05) is 11.6 Å². The zero-order chi connectivity index (χ0) is 24.9. The molecule has 1 aliphatic rings. The predicted molar refractivity (Wildman–Crippen MR) is 137 cm³/mol. The second-order valence-electron chi connectivity index (χ2n) is 8.65. The normalized spacial score (nSPS) is 19.7. The van der Waals surface area contributed by atoms with Crippen LogP contribution in [-0.2, 0) is 4.79 Å². The summed E-state index contributed by atoms with van der Waals surface area (Å²) in [5, 5.41) is 12.4. The van der Waals surface area contributed by atoms with E-state index in [4.69, 9.17) is 16.3 Å². The van der Waals surface area contributed by atoms with Gasteiger partial charge in [0.2, 0.25) is 0 Å². The number of thioether (sulfide) groups is 1. The highest BCUT2D eigenvalue weighted by Gasteiger charge is 2.34. The monoisotopic (exact) mass is 540 g/mol. The number of nitrogens with zero attached hydrogens (tertiary/aromatic N) is 2. The fourth-order valence-corrected chi connectivity index (χ4v) is 6.86. The maximum Gasteiger partial charge on any atom is 0.308 e. The maximum absolute atomic E-state index is 15.5. The first-order chi connectivity index (χ1) is 16.9. The van der Waals surface area contributed by atoms with Crippen LogP contribution >= 0.6 is 34.7 Å². The molecule has 0 bridgehead atoms. The number of aliphatic carboxylic acids is 1. The van der Waals surface area contributed by atoms with Crippen molar-refractivity contribution in [1.29, 1.82) is 0 Å². The summed E-state index contributed by atoms with van der Waals surface area (Å²) in [6.45, 7) is 1.85. The predicted octanol–water partition coefficient (Wildman–Crippen LogP) is 6.70. The van der Waals surface area contributed by atoms with E-state index in [1.165, 1.54) is 35.4 Å². The van der Waals surface area contributed by atoms with Crippen LogP contribution in [0.1, 0.15) is 31.0 Å². The highest BCUT2D eigenvalue weighted by atomic mass is 35.5. The van der Waals surface area contributed by atoms with Crippen LogP contribution in [0.3, 0.4) is 0 Å². The Hall–Kier alpha value is -1.94. The number of likely N-dealkylation sites (tertiary alicyclic amines) is 1. The summed E-state index contributed by atoms with van der Waals surface area (Å²) < 4.78 is 35.0. The number of alkyl halides is 1. The van der Waals surface area contributed by atoms with E-state index in [0.29, 0.717) is 58.1 Å². The average Bonchev–Trinajstić information content (AvgIpc) is 3.26. The highest BCUT2D eigenvalue weighted by molar-refractivity contribution is 8.01. The van der Waals surface area contributed by atoms with Crippen molar-refractivity contribution in [1.82, 2.24) is 9.88 Å². The number of thiophene rings is 1. The van der Waals surface area contributed by atoms with Crippen molar-refractivity contribution in [3.8, 4) is 5.75 Å². The van der Waals surface area contributed by atoms with Gasteiger partial charge in [0.15, 0.2) is 0 Å². The number of carboxylic acid groups (broad SMARTS) is 1. The number of ether oxygens (including phenoxy) is 1. The summed E-state index contributed by atoms with van der Waals surface area (Å²) in [4.78, 5) is 18.4. The number of methoxy groups -OCH3 is 1. The molecule has 1 aliphatic heterocycles. The Morgan fingerprint density at radius 2 is 2.26 bits per heavy atom. The van der Waals surface area contributed by atoms with Crippen molar-refractivity contribution in [2.24, 2.45) is 11.8 Å². The standard InChI is InChI=1S/C25H27ClF2N2O3S2/c1-33-16-3-5-22-17(12-16)23(19(26)13-29-22)20(27)4-2-15-6-8-30(14-18(15)24(31)32)9-11-35-25-21(28)7-10-34-25/h3,5,7,10,12-13,15,18,20H,2,4,6,8-9,11,14H2,1H3,(H,31,32)/t15?,18?,20-/m1/s1. The second kappa shape index (κ2) is 11.9. The number of hydrogen-bond acceptors (Lipinski definition) is 6. The number of carbonyl (C=O) groups is 1. The molecule has 3 atom stereocenters. The van der Waals surface area contributed by atoms with Crippen LogP contribution in [0.4, 0.5) is 8.78 Å². The number of halogens is 3. The molecule has 1 saturated heterocycles. The molecule has 3 heterocycles. The van der Waals surface area contributed by atoms with E-state index >= 15 is 4.39 Å². The molecule has 0 aliphatic carbocycles. The number of carboxylic acids is 1. The molecule has 188 valence electrons. The Balaban J connectivity index is 1.37. The molecule has 10 heteroatoms. The number of piperidine rings is 1. The third-order valence-electron chi connectivity index (χ3n) is 6.55. The summed E-state index contributed by atoms with van der Waals surface area (Å²) >= 11 is 9.16. The van der Waals surface area contributed by atoms with Gasteiger partial charge >= 0.3 is 5.97 Å². The molecule has 1 fully saturated rings. The van der Waals surface area contributed by atoms with Gasteiger partial charge in [-0.05, 0) is 61.4 Å². The molecule has 0 amide bonds. The summed E-state index contributed by atoms with van der Waals surface area (Å²) in [7, 11) is 1.54. The zero-order valence-corrected chi connectivity index (χ0v) is 21.6. The lowest BCUT2D eigenvalue weighted by Crippen LogP contribution is -2.44. The topological polar surface area (TPSA) is 62.7 Å². The van der Waals surface area contributed by atoms with E-state index in [-0.39, 0.29) is 23.2 Å². The molecule has 1 aromatic carbocycles. The quantitative estimate of drug-likeness (QED) is 0.289. The summed E-state index contributed by atoms with van der Waals surface area (Å²) in [5.41, 5.74) is 1.00. The number of fused-ring (bicyclic) bond motifs is 1. The minimum Gasteiger partial charge on any atom is -0.497 e. The Morgan fingerprint density at radius 3 is 2.97 bits per heavy atom. The molecule has 4 rings (SSSR count). The van der Waals surface area contributed by atoms with Crippen LogP contribution < -0.4 is 4.74 Å². The van der Waals surface area contributed by atoms with Crippen LogP contribution in [0.25, 0.3) is 10.9 Å². The van der Waals surface area contributed by atoms with Crippen molar-refractivity contribution >= 4 is 51.6 Å². The van der Waals surface area contributed by atoms with E-state index in [1.807, 2.05) is 0 Å². The number of hydrogen-bond donors (Lipinski definition) is 1. The largest absolute Gasteiger partial charge is 0.497 e. The molecule has 0 saturated carbocycles. The lowest BCUT2D eigenvalue weighted by molar-refractivity contribution is -0.146. The van der Waals surface area contributed by atoms with Gasteiger partial charge < -0.3 is 14.7 Å². The first kappa shape index (κ1) is 26.1. The van der Waals surface area contributed by atoms with Gasteiger partial charge in [0, 0.05) is 36.0 Å². The van der Waals surface area contributed by atoms with Crippen LogP contribution in [0, 0.1) is 17.7 Å². The van der Waals surface area contributed by atoms with Crippen LogP contribution in [0.5, 0.6) is 5.75 Å². The lowest BCUT2D eigenvalue weighted by Gasteiger charge is -2.36. The van der Waals surface area contributed by atoms with Gasteiger partial charge in [-0.25, -0.2) is 8.78 Å². The minimum absolute atomic E-state index is 0.120. The lowest BCUT2D eigenvalue weighted by atomic mass is 9.81. The van der Waals surface area contributed by atoms with Crippen molar-refractivity contribution in [2.45, 2.75) is 29.6 Å². The summed E-state index contributed by atoms with van der Waals surface area (Å²) in [6, 6.07) is 6.72. The molecule has 2 unspecified atom stereocenters. The molecule has 5 nitrogen and oxygen atoms in total. The molecule has 0 spiro atoms. The third-order valence-corrected chi connectivity index (χ3v) is 9.02. The second-order valence-corrected chi connectivity index (χ2v) is 11.3. The van der Waals surface area contributed by atoms with Crippen molar-refractivity contribution in [2.75, 3.05) is 32.5 Å². The number of benzene rings is 1. The fourth-order valence-electron chi connectivity index (χ4n) is 4.66. The van der Waals surface area contributed by atoms with Crippen molar-refractivity contribution in [3.63, 3.8) is 0 Å². The molecule has 3 aromatic rings. The molecule has 2 aromatic heterocycles. The van der Waals surface area contributed by atoms with Crippen LogP contribution in [0.15, 0.2) is 40.1 Å². The van der Waals surface area contributed by atoms with Gasteiger partial charge in [0.1, 0.15) is 17.7 Å². The minimum atomic E-state index is -1.34. The van der Waals surface area contributed by atoms with Gasteiger partial charge in [-0.3, -0.25) is 9.78 Å². The molecular formula is C25H27ClF2N2O3S2. The SMILES string of the molecule is COc1ccc2ncc(Cl)c([C@H](F)CCC3CCN(CCSc4sccc4F)CC3C(=O)O)c2c1. The smallest absolute Gasteiger partial charge is 0.308 e. The maximum atomic E-state index is 15.5. The summed E-state index contributed by atoms with van der Waals surface area (Å²) in [5.74, 6) is -0.464. The van der Waals surface area contributed by atoms with Crippen molar-refractivity contribution < 1.29 is 23.4 Å². The van der Waals surface area contributed by atoms with E-state index in [0.717, 1.165) is 6.54 Å². The number of pyridine rings is 1. The number of aromatic nitrogens is 1. The van der Waals surface area contributed by atoms with E-state index in [2.05, 4.69) is 9.88 Å². The van der Waals surface area contributed by atoms with E-state index < -0.39 is 18.1 Å². The summed E-state index contributed by atoms with van der Waals surface area (Å²) in [6.07, 6.45) is 1.42. The third kappa shape index (κ3) is 6.25. The first-order valence-electron chi connectivity index (χ1n) is 11.4. The van der Waals surface area contributed by atoms with E-state index in [9.17, 15) is 14.3 Å². The molecule has 0 radical (unpaired) electrons. The zero-order valence-electron chi connectivity index (χ0n) is 19.3. The van der Waals surface area contributed by atoms with Gasteiger partial charge in [0.25, 0.3) is 0 Å². The fraction of sp³-hybridized carbons (Fsp3) is 0.440. The molecule has 1 N–H and O–H groups in total.